The van der Waals surface area contributed by atoms with Gasteiger partial charge in [-0.25, -0.2) is 4.79 Å². The van der Waals surface area contributed by atoms with E-state index in [4.69, 9.17) is 4.74 Å². The lowest BCUT2D eigenvalue weighted by atomic mass is 10.2. The molecule has 6 heteroatoms. The van der Waals surface area contributed by atoms with Crippen molar-refractivity contribution in [3.05, 3.63) is 64.1 Å². The number of rotatable bonds is 5. The Kier molecular flexibility index (Phi) is 5.98. The number of aromatic hydroxyl groups is 1. The first kappa shape index (κ1) is 18.0. The number of carbonyl (C=O) groups excluding carboxylic acids is 2. The zero-order valence-corrected chi connectivity index (χ0v) is 15.0. The molecule has 0 radical (unpaired) electrons. The zero-order valence-electron chi connectivity index (χ0n) is 13.4. The number of amides is 1. The lowest BCUT2D eigenvalue weighted by Gasteiger charge is -2.21. The Morgan fingerprint density at radius 3 is 2.54 bits per heavy atom. The first-order valence-electron chi connectivity index (χ1n) is 7.37. The average molecular weight is 392 g/mol. The SMILES string of the molecule is C[C@H](OC(=O)c1cc(Br)ccc1O)C(=O)N(C)Cc1ccccc1. The predicted molar refractivity (Wildman–Crippen MR) is 93.6 cm³/mol. The maximum Gasteiger partial charge on any atom is 0.342 e. The summed E-state index contributed by atoms with van der Waals surface area (Å²) >= 11 is 3.23. The molecule has 0 spiro atoms. The molecule has 1 amide bonds. The normalized spacial score (nSPS) is 11.6. The molecule has 126 valence electrons. The van der Waals surface area contributed by atoms with Crippen LogP contribution in [0.4, 0.5) is 0 Å². The van der Waals surface area contributed by atoms with Crippen molar-refractivity contribution in [2.24, 2.45) is 0 Å². The van der Waals surface area contributed by atoms with E-state index in [1.807, 2.05) is 30.3 Å². The molecule has 0 bridgehead atoms. The van der Waals surface area contributed by atoms with Crippen molar-refractivity contribution >= 4 is 27.8 Å². The fraction of sp³-hybridized carbons (Fsp3) is 0.222. The van der Waals surface area contributed by atoms with Gasteiger partial charge in [0.1, 0.15) is 11.3 Å². The van der Waals surface area contributed by atoms with E-state index in [9.17, 15) is 14.7 Å². The number of hydrogen-bond acceptors (Lipinski definition) is 4. The van der Waals surface area contributed by atoms with Gasteiger partial charge >= 0.3 is 5.97 Å². The van der Waals surface area contributed by atoms with E-state index in [-0.39, 0.29) is 17.2 Å². The molecule has 0 saturated heterocycles. The van der Waals surface area contributed by atoms with Crippen LogP contribution in [0.15, 0.2) is 53.0 Å². The summed E-state index contributed by atoms with van der Waals surface area (Å²) in [7, 11) is 1.65. The van der Waals surface area contributed by atoms with Crippen LogP contribution in [0.1, 0.15) is 22.8 Å². The Hall–Kier alpha value is -2.34. The third-order valence-corrected chi connectivity index (χ3v) is 3.94. The number of benzene rings is 2. The highest BCUT2D eigenvalue weighted by atomic mass is 79.9. The van der Waals surface area contributed by atoms with Crippen molar-refractivity contribution in [1.29, 1.82) is 0 Å². The predicted octanol–water partition coefficient (Wildman–Crippen LogP) is 3.36. The van der Waals surface area contributed by atoms with Gasteiger partial charge in [0, 0.05) is 18.1 Å². The summed E-state index contributed by atoms with van der Waals surface area (Å²) in [5.74, 6) is -1.26. The van der Waals surface area contributed by atoms with E-state index < -0.39 is 12.1 Å². The Morgan fingerprint density at radius 1 is 1.21 bits per heavy atom. The topological polar surface area (TPSA) is 66.8 Å². The minimum absolute atomic E-state index is 0.00902. The van der Waals surface area contributed by atoms with Crippen LogP contribution in [-0.4, -0.2) is 35.0 Å². The molecular weight excluding hydrogens is 374 g/mol. The molecule has 24 heavy (non-hydrogen) atoms. The lowest BCUT2D eigenvalue weighted by Crippen LogP contribution is -2.37. The maximum atomic E-state index is 12.3. The van der Waals surface area contributed by atoms with Crippen LogP contribution in [0.5, 0.6) is 5.75 Å². The number of esters is 1. The van der Waals surface area contributed by atoms with Gasteiger partial charge in [0.05, 0.1) is 0 Å². The largest absolute Gasteiger partial charge is 0.507 e. The van der Waals surface area contributed by atoms with Gasteiger partial charge in [-0.3, -0.25) is 4.79 Å². The van der Waals surface area contributed by atoms with Crippen LogP contribution in [0, 0.1) is 0 Å². The number of phenols is 1. The number of likely N-dealkylation sites (N-methyl/N-ethyl adjacent to an activating group) is 1. The summed E-state index contributed by atoms with van der Waals surface area (Å²) in [5.41, 5.74) is 0.992. The van der Waals surface area contributed by atoms with E-state index in [1.54, 1.807) is 13.1 Å². The first-order chi connectivity index (χ1) is 11.4. The van der Waals surface area contributed by atoms with Crippen molar-refractivity contribution < 1.29 is 19.4 Å². The molecular formula is C18H18BrNO4. The Labute approximate surface area is 149 Å². The van der Waals surface area contributed by atoms with Crippen LogP contribution in [-0.2, 0) is 16.1 Å². The van der Waals surface area contributed by atoms with Crippen molar-refractivity contribution in [1.82, 2.24) is 4.90 Å². The van der Waals surface area contributed by atoms with Crippen LogP contribution in [0.25, 0.3) is 0 Å². The molecule has 5 nitrogen and oxygen atoms in total. The first-order valence-corrected chi connectivity index (χ1v) is 8.16. The summed E-state index contributed by atoms with van der Waals surface area (Å²) in [6, 6.07) is 14.0. The Balaban J connectivity index is 2.00. The number of halogens is 1. The Bertz CT molecular complexity index is 733. The highest BCUT2D eigenvalue weighted by Gasteiger charge is 2.23. The van der Waals surface area contributed by atoms with E-state index in [0.717, 1.165) is 5.56 Å². The molecule has 0 aromatic heterocycles. The van der Waals surface area contributed by atoms with Crippen LogP contribution in [0.3, 0.4) is 0 Å². The molecule has 0 aliphatic carbocycles. The van der Waals surface area contributed by atoms with Crippen molar-refractivity contribution in [3.8, 4) is 5.75 Å². The van der Waals surface area contributed by atoms with Crippen LogP contribution >= 0.6 is 15.9 Å². The molecule has 1 N–H and O–H groups in total. The third kappa shape index (κ3) is 4.58. The van der Waals surface area contributed by atoms with Gasteiger partial charge in [-0.05, 0) is 30.7 Å². The molecule has 0 saturated carbocycles. The number of hydrogen-bond donors (Lipinski definition) is 1. The van der Waals surface area contributed by atoms with E-state index in [2.05, 4.69) is 15.9 Å². The summed E-state index contributed by atoms with van der Waals surface area (Å²) in [4.78, 5) is 26.0. The van der Waals surface area contributed by atoms with Gasteiger partial charge in [-0.15, -0.1) is 0 Å². The molecule has 0 aliphatic heterocycles. The standard InChI is InChI=1S/C18H18BrNO4/c1-12(17(22)20(2)11-13-6-4-3-5-7-13)24-18(23)15-10-14(19)8-9-16(15)21/h3-10,12,21H,11H2,1-2H3/t12-/m0/s1. The molecule has 0 aliphatic rings. The minimum atomic E-state index is -0.954. The molecule has 2 aromatic rings. The van der Waals surface area contributed by atoms with Crippen molar-refractivity contribution in [3.63, 3.8) is 0 Å². The van der Waals surface area contributed by atoms with Gasteiger partial charge in [0.2, 0.25) is 0 Å². The Morgan fingerprint density at radius 2 is 1.88 bits per heavy atom. The second-order valence-electron chi connectivity index (χ2n) is 5.39. The quantitative estimate of drug-likeness (QED) is 0.793. The minimum Gasteiger partial charge on any atom is -0.507 e. The summed E-state index contributed by atoms with van der Waals surface area (Å²) in [6.45, 7) is 1.93. The van der Waals surface area contributed by atoms with Gasteiger partial charge in [0.25, 0.3) is 5.91 Å². The van der Waals surface area contributed by atoms with Crippen LogP contribution < -0.4 is 0 Å². The number of ether oxygens (including phenoxy) is 1. The average Bonchev–Trinajstić information content (AvgIpc) is 2.57. The summed E-state index contributed by atoms with van der Waals surface area (Å²) in [6.07, 6.45) is -0.954. The number of carbonyl (C=O) groups is 2. The zero-order chi connectivity index (χ0) is 17.7. The lowest BCUT2D eigenvalue weighted by molar-refractivity contribution is -0.139. The fourth-order valence-electron chi connectivity index (χ4n) is 2.19. The molecule has 0 fully saturated rings. The molecule has 0 heterocycles. The maximum absolute atomic E-state index is 12.3. The molecule has 2 rings (SSSR count). The summed E-state index contributed by atoms with van der Waals surface area (Å²) in [5, 5.41) is 9.74. The van der Waals surface area contributed by atoms with Crippen LogP contribution in [0.2, 0.25) is 0 Å². The third-order valence-electron chi connectivity index (χ3n) is 3.45. The highest BCUT2D eigenvalue weighted by molar-refractivity contribution is 9.10. The fourth-order valence-corrected chi connectivity index (χ4v) is 2.55. The monoisotopic (exact) mass is 391 g/mol. The molecule has 0 unspecified atom stereocenters. The van der Waals surface area contributed by atoms with Gasteiger partial charge < -0.3 is 14.7 Å². The molecule has 2 aromatic carbocycles. The van der Waals surface area contributed by atoms with Crippen molar-refractivity contribution in [2.45, 2.75) is 19.6 Å². The smallest absolute Gasteiger partial charge is 0.342 e. The van der Waals surface area contributed by atoms with Gasteiger partial charge in [-0.2, -0.15) is 0 Å². The highest BCUT2D eigenvalue weighted by Crippen LogP contribution is 2.23. The van der Waals surface area contributed by atoms with Gasteiger partial charge in [0.15, 0.2) is 6.10 Å². The second kappa shape index (κ2) is 7.97. The molecule has 1 atom stereocenters. The number of nitrogens with zero attached hydrogens (tertiary/aromatic N) is 1. The van der Waals surface area contributed by atoms with E-state index in [0.29, 0.717) is 11.0 Å². The van der Waals surface area contributed by atoms with Gasteiger partial charge in [-0.1, -0.05) is 46.3 Å². The van der Waals surface area contributed by atoms with E-state index >= 15 is 0 Å². The van der Waals surface area contributed by atoms with E-state index in [1.165, 1.54) is 24.0 Å². The van der Waals surface area contributed by atoms with Crippen molar-refractivity contribution in [2.75, 3.05) is 7.05 Å². The second-order valence-corrected chi connectivity index (χ2v) is 6.30. The number of phenolic OH excluding ortho intramolecular Hbond substituents is 1. The summed E-state index contributed by atoms with van der Waals surface area (Å²) < 4.78 is 5.81.